The molecule has 5 heteroatoms. The molecular formula is C16H14N4O. The first-order valence-corrected chi connectivity index (χ1v) is 6.50. The van der Waals surface area contributed by atoms with Gasteiger partial charge in [0.1, 0.15) is 12.1 Å². The third kappa shape index (κ3) is 2.53. The van der Waals surface area contributed by atoms with E-state index in [4.69, 9.17) is 0 Å². The van der Waals surface area contributed by atoms with E-state index >= 15 is 0 Å². The number of nitrogens with zero attached hydrogens (tertiary/aromatic N) is 3. The van der Waals surface area contributed by atoms with Gasteiger partial charge in [-0.25, -0.2) is 9.97 Å². The van der Waals surface area contributed by atoms with Gasteiger partial charge < -0.3 is 5.32 Å². The number of para-hydroxylation sites is 2. The minimum Gasteiger partial charge on any atom is -0.321 e. The topological polar surface area (TPSA) is 59.8 Å². The summed E-state index contributed by atoms with van der Waals surface area (Å²) in [6, 6.07) is 11.5. The van der Waals surface area contributed by atoms with Crippen molar-refractivity contribution in [3.63, 3.8) is 0 Å². The second-order valence-corrected chi connectivity index (χ2v) is 4.74. The number of fused-ring (bicyclic) bond motifs is 1. The molecule has 2 heterocycles. The molecule has 0 fully saturated rings. The van der Waals surface area contributed by atoms with Crippen molar-refractivity contribution in [1.82, 2.24) is 14.5 Å². The first-order chi connectivity index (χ1) is 10.1. The maximum absolute atomic E-state index is 11.5. The number of nitrogens with one attached hydrogen (secondary N) is 1. The zero-order valence-electron chi connectivity index (χ0n) is 11.6. The predicted molar refractivity (Wildman–Crippen MR) is 82.3 cm³/mol. The van der Waals surface area contributed by atoms with Crippen molar-refractivity contribution in [3.05, 3.63) is 61.1 Å². The van der Waals surface area contributed by atoms with Crippen LogP contribution in [0.4, 0.5) is 5.69 Å². The van der Waals surface area contributed by atoms with Gasteiger partial charge in [0.25, 0.3) is 5.91 Å². The van der Waals surface area contributed by atoms with Crippen molar-refractivity contribution in [1.29, 1.82) is 0 Å². The summed E-state index contributed by atoms with van der Waals surface area (Å²) in [7, 11) is 0. The van der Waals surface area contributed by atoms with Gasteiger partial charge >= 0.3 is 0 Å². The summed E-state index contributed by atoms with van der Waals surface area (Å²) in [4.78, 5) is 20.2. The number of aromatic nitrogens is 3. The van der Waals surface area contributed by atoms with E-state index in [0.717, 1.165) is 16.9 Å². The monoisotopic (exact) mass is 278 g/mol. The molecule has 0 unspecified atom stereocenters. The molecular weight excluding hydrogens is 264 g/mol. The van der Waals surface area contributed by atoms with Crippen molar-refractivity contribution >= 4 is 22.6 Å². The second-order valence-electron chi connectivity index (χ2n) is 4.74. The Morgan fingerprint density at radius 2 is 2.00 bits per heavy atom. The van der Waals surface area contributed by atoms with Gasteiger partial charge in [0.05, 0.1) is 22.9 Å². The highest BCUT2D eigenvalue weighted by Crippen LogP contribution is 2.17. The van der Waals surface area contributed by atoms with Crippen molar-refractivity contribution < 1.29 is 4.79 Å². The maximum Gasteiger partial charge on any atom is 0.250 e. The van der Waals surface area contributed by atoms with Crippen LogP contribution in [0.5, 0.6) is 0 Å². The lowest BCUT2D eigenvalue weighted by molar-refractivity contribution is -0.112. The number of hydrogen-bond donors (Lipinski definition) is 1. The average Bonchev–Trinajstić information content (AvgIpc) is 2.92. The number of rotatable bonds is 3. The number of carbonyl (C=O) groups excluding carboxylic acids is 1. The summed E-state index contributed by atoms with van der Waals surface area (Å²) in [5, 5.41) is 2.73. The standard InChI is InChI=1S/C16H14N4O/c1-11(2)16(21)19-12-7-8-15(17-9-12)20-10-18-13-5-3-4-6-14(13)20/h3-10H,1H2,2H3,(H,19,21). The smallest absolute Gasteiger partial charge is 0.250 e. The fourth-order valence-electron chi connectivity index (χ4n) is 1.98. The Labute approximate surface area is 122 Å². The molecule has 0 bridgehead atoms. The van der Waals surface area contributed by atoms with E-state index in [9.17, 15) is 4.79 Å². The van der Waals surface area contributed by atoms with E-state index < -0.39 is 0 Å². The molecule has 104 valence electrons. The zero-order valence-corrected chi connectivity index (χ0v) is 11.6. The molecule has 0 spiro atoms. The van der Waals surface area contributed by atoms with E-state index in [0.29, 0.717) is 11.3 Å². The van der Waals surface area contributed by atoms with Crippen LogP contribution in [0.1, 0.15) is 6.92 Å². The van der Waals surface area contributed by atoms with E-state index in [-0.39, 0.29) is 5.91 Å². The summed E-state index contributed by atoms with van der Waals surface area (Å²) in [6.45, 7) is 5.26. The van der Waals surface area contributed by atoms with Crippen LogP contribution < -0.4 is 5.32 Å². The molecule has 0 atom stereocenters. The highest BCUT2D eigenvalue weighted by molar-refractivity contribution is 6.02. The largest absolute Gasteiger partial charge is 0.321 e. The van der Waals surface area contributed by atoms with E-state index in [1.54, 1.807) is 25.5 Å². The first kappa shape index (κ1) is 13.1. The van der Waals surface area contributed by atoms with Gasteiger partial charge in [-0.2, -0.15) is 0 Å². The molecule has 0 aliphatic carbocycles. The van der Waals surface area contributed by atoms with Crippen molar-refractivity contribution in [2.75, 3.05) is 5.32 Å². The van der Waals surface area contributed by atoms with Crippen LogP contribution in [-0.4, -0.2) is 20.4 Å². The fourth-order valence-corrected chi connectivity index (χ4v) is 1.98. The van der Waals surface area contributed by atoms with Gasteiger partial charge in [0, 0.05) is 5.57 Å². The Morgan fingerprint density at radius 3 is 2.71 bits per heavy atom. The number of benzene rings is 1. The molecule has 0 saturated carbocycles. The highest BCUT2D eigenvalue weighted by Gasteiger charge is 2.06. The normalized spacial score (nSPS) is 10.5. The Balaban J connectivity index is 1.90. The number of imidazole rings is 1. The SMILES string of the molecule is C=C(C)C(=O)Nc1ccc(-n2cnc3ccccc32)nc1. The van der Waals surface area contributed by atoms with Gasteiger partial charge in [-0.05, 0) is 31.2 Å². The number of carbonyl (C=O) groups is 1. The van der Waals surface area contributed by atoms with Crippen LogP contribution in [0.3, 0.4) is 0 Å². The summed E-state index contributed by atoms with van der Waals surface area (Å²) in [5.41, 5.74) is 3.00. The molecule has 0 radical (unpaired) electrons. The summed E-state index contributed by atoms with van der Waals surface area (Å²) in [5.74, 6) is 0.537. The Bertz CT molecular complexity index is 818. The zero-order chi connectivity index (χ0) is 14.8. The molecule has 1 amide bonds. The van der Waals surface area contributed by atoms with Crippen LogP contribution in [0.2, 0.25) is 0 Å². The van der Waals surface area contributed by atoms with Crippen molar-refractivity contribution in [2.24, 2.45) is 0 Å². The van der Waals surface area contributed by atoms with Gasteiger partial charge in [-0.15, -0.1) is 0 Å². The first-order valence-electron chi connectivity index (χ1n) is 6.50. The molecule has 3 rings (SSSR count). The minimum atomic E-state index is -0.211. The summed E-state index contributed by atoms with van der Waals surface area (Å²) >= 11 is 0. The lowest BCUT2D eigenvalue weighted by atomic mass is 10.3. The number of pyridine rings is 1. The Kier molecular flexibility index (Phi) is 3.23. The van der Waals surface area contributed by atoms with Crippen LogP contribution in [-0.2, 0) is 4.79 Å². The van der Waals surface area contributed by atoms with E-state index in [1.807, 2.05) is 34.9 Å². The fraction of sp³-hybridized carbons (Fsp3) is 0.0625. The Hall–Kier alpha value is -2.95. The van der Waals surface area contributed by atoms with Gasteiger partial charge in [-0.1, -0.05) is 18.7 Å². The quantitative estimate of drug-likeness (QED) is 0.749. The predicted octanol–water partition coefficient (Wildman–Crippen LogP) is 2.94. The van der Waals surface area contributed by atoms with Gasteiger partial charge in [-0.3, -0.25) is 9.36 Å². The molecule has 0 aliphatic rings. The lowest BCUT2D eigenvalue weighted by Gasteiger charge is -2.06. The average molecular weight is 278 g/mol. The van der Waals surface area contributed by atoms with Crippen LogP contribution >= 0.6 is 0 Å². The number of amides is 1. The molecule has 0 saturated heterocycles. The molecule has 21 heavy (non-hydrogen) atoms. The maximum atomic E-state index is 11.5. The minimum absolute atomic E-state index is 0.211. The second kappa shape index (κ2) is 5.20. The molecule has 2 aromatic heterocycles. The Morgan fingerprint density at radius 1 is 1.19 bits per heavy atom. The molecule has 1 N–H and O–H groups in total. The van der Waals surface area contributed by atoms with Crippen molar-refractivity contribution in [2.45, 2.75) is 6.92 Å². The van der Waals surface area contributed by atoms with E-state index in [2.05, 4.69) is 21.9 Å². The molecule has 1 aromatic carbocycles. The number of anilines is 1. The van der Waals surface area contributed by atoms with Crippen LogP contribution in [0.15, 0.2) is 61.1 Å². The van der Waals surface area contributed by atoms with Gasteiger partial charge in [0.15, 0.2) is 0 Å². The highest BCUT2D eigenvalue weighted by atomic mass is 16.1. The summed E-state index contributed by atoms with van der Waals surface area (Å²) < 4.78 is 1.90. The van der Waals surface area contributed by atoms with Crippen LogP contribution in [0.25, 0.3) is 16.9 Å². The third-order valence-corrected chi connectivity index (χ3v) is 3.09. The van der Waals surface area contributed by atoms with E-state index in [1.165, 1.54) is 0 Å². The van der Waals surface area contributed by atoms with Gasteiger partial charge in [0.2, 0.25) is 0 Å². The number of hydrogen-bond acceptors (Lipinski definition) is 3. The summed E-state index contributed by atoms with van der Waals surface area (Å²) in [6.07, 6.45) is 3.35. The van der Waals surface area contributed by atoms with Crippen LogP contribution in [0, 0.1) is 0 Å². The third-order valence-electron chi connectivity index (χ3n) is 3.09. The molecule has 0 aliphatic heterocycles. The lowest BCUT2D eigenvalue weighted by Crippen LogP contribution is -2.12. The molecule has 3 aromatic rings. The molecule has 5 nitrogen and oxygen atoms in total. The van der Waals surface area contributed by atoms with Crippen molar-refractivity contribution in [3.8, 4) is 5.82 Å².